The van der Waals surface area contributed by atoms with E-state index in [1.165, 1.54) is 11.3 Å². The van der Waals surface area contributed by atoms with Crippen LogP contribution in [0.25, 0.3) is 10.6 Å². The fourth-order valence-electron chi connectivity index (χ4n) is 1.36. The van der Waals surface area contributed by atoms with Crippen LogP contribution in [0.2, 0.25) is 10.0 Å². The summed E-state index contributed by atoms with van der Waals surface area (Å²) in [6.07, 6.45) is 0. The molecule has 1 aromatic carbocycles. The van der Waals surface area contributed by atoms with Crippen molar-refractivity contribution in [3.05, 3.63) is 39.3 Å². The minimum absolute atomic E-state index is 0.294. The summed E-state index contributed by atoms with van der Waals surface area (Å²) in [5, 5.41) is 3.39. The number of rotatable bonds is 3. The maximum absolute atomic E-state index is 11.5. The van der Waals surface area contributed by atoms with Crippen molar-refractivity contribution in [2.45, 2.75) is 6.92 Å². The lowest BCUT2D eigenvalue weighted by Crippen LogP contribution is -2.04. The standard InChI is InChI=1S/C12H9Cl2NO2S/c1-2-17-12(16)10-6-18-11(15-10)8-4-3-7(13)5-9(8)14/h3-6H,2H2,1H3. The van der Waals surface area contributed by atoms with Crippen LogP contribution in [0.4, 0.5) is 0 Å². The van der Waals surface area contributed by atoms with Gasteiger partial charge in [0.1, 0.15) is 5.01 Å². The Morgan fingerprint density at radius 1 is 1.44 bits per heavy atom. The van der Waals surface area contributed by atoms with Crippen LogP contribution >= 0.6 is 34.5 Å². The van der Waals surface area contributed by atoms with Crippen LogP contribution in [0, 0.1) is 0 Å². The van der Waals surface area contributed by atoms with Crippen LogP contribution in [0.1, 0.15) is 17.4 Å². The zero-order chi connectivity index (χ0) is 13.1. The van der Waals surface area contributed by atoms with Gasteiger partial charge in [-0.05, 0) is 25.1 Å². The lowest BCUT2D eigenvalue weighted by molar-refractivity contribution is 0.0520. The second kappa shape index (κ2) is 5.69. The lowest BCUT2D eigenvalue weighted by Gasteiger charge is -2.00. The van der Waals surface area contributed by atoms with Crippen molar-refractivity contribution < 1.29 is 9.53 Å². The van der Waals surface area contributed by atoms with Gasteiger partial charge in [-0.3, -0.25) is 0 Å². The SMILES string of the molecule is CCOC(=O)c1csc(-c2ccc(Cl)cc2Cl)n1. The average molecular weight is 302 g/mol. The fourth-order valence-corrected chi connectivity index (χ4v) is 2.74. The number of nitrogens with zero attached hydrogens (tertiary/aromatic N) is 1. The zero-order valence-electron chi connectivity index (χ0n) is 9.44. The Labute approximate surface area is 118 Å². The molecule has 1 heterocycles. The molecule has 3 nitrogen and oxygen atoms in total. The summed E-state index contributed by atoms with van der Waals surface area (Å²) in [6.45, 7) is 2.08. The molecule has 6 heteroatoms. The minimum atomic E-state index is -0.426. The van der Waals surface area contributed by atoms with E-state index in [4.69, 9.17) is 27.9 Å². The number of hydrogen-bond donors (Lipinski definition) is 0. The zero-order valence-corrected chi connectivity index (χ0v) is 11.8. The molecule has 18 heavy (non-hydrogen) atoms. The lowest BCUT2D eigenvalue weighted by atomic mass is 10.2. The van der Waals surface area contributed by atoms with Crippen molar-refractivity contribution in [2.75, 3.05) is 6.61 Å². The molecule has 2 aromatic rings. The number of carbonyl (C=O) groups is 1. The summed E-state index contributed by atoms with van der Waals surface area (Å²) in [7, 11) is 0. The number of ether oxygens (including phenoxy) is 1. The third kappa shape index (κ3) is 2.83. The molecule has 0 saturated heterocycles. The quantitative estimate of drug-likeness (QED) is 0.794. The Balaban J connectivity index is 2.32. The van der Waals surface area contributed by atoms with E-state index in [-0.39, 0.29) is 0 Å². The van der Waals surface area contributed by atoms with Gasteiger partial charge in [0.25, 0.3) is 0 Å². The van der Waals surface area contributed by atoms with Crippen LogP contribution in [-0.2, 0) is 4.74 Å². The molecule has 0 fully saturated rings. The molecule has 0 N–H and O–H groups in total. The molecule has 1 aromatic heterocycles. The van der Waals surface area contributed by atoms with Gasteiger partial charge < -0.3 is 4.74 Å². The van der Waals surface area contributed by atoms with E-state index in [9.17, 15) is 4.79 Å². The number of thiazole rings is 1. The van der Waals surface area contributed by atoms with Gasteiger partial charge in [0, 0.05) is 16.0 Å². The highest BCUT2D eigenvalue weighted by molar-refractivity contribution is 7.13. The first-order valence-electron chi connectivity index (χ1n) is 5.20. The molecule has 94 valence electrons. The highest BCUT2D eigenvalue weighted by Crippen LogP contribution is 2.32. The van der Waals surface area contributed by atoms with Crippen molar-refractivity contribution >= 4 is 40.5 Å². The van der Waals surface area contributed by atoms with Crippen molar-refractivity contribution in [3.63, 3.8) is 0 Å². The normalized spacial score (nSPS) is 10.4. The fraction of sp³-hybridized carbons (Fsp3) is 0.167. The average Bonchev–Trinajstić information content (AvgIpc) is 2.78. The Bertz CT molecular complexity index is 583. The molecule has 0 unspecified atom stereocenters. The first-order chi connectivity index (χ1) is 8.61. The van der Waals surface area contributed by atoms with Gasteiger partial charge in [-0.25, -0.2) is 9.78 Å². The predicted molar refractivity (Wildman–Crippen MR) is 73.5 cm³/mol. The molecule has 0 spiro atoms. The van der Waals surface area contributed by atoms with Crippen LogP contribution in [0.3, 0.4) is 0 Å². The van der Waals surface area contributed by atoms with E-state index in [0.29, 0.717) is 27.4 Å². The summed E-state index contributed by atoms with van der Waals surface area (Å²) < 4.78 is 4.88. The van der Waals surface area contributed by atoms with Crippen molar-refractivity contribution in [1.29, 1.82) is 0 Å². The molecule has 2 rings (SSSR count). The maximum Gasteiger partial charge on any atom is 0.357 e. The molecule has 0 radical (unpaired) electrons. The molecular weight excluding hydrogens is 293 g/mol. The summed E-state index contributed by atoms with van der Waals surface area (Å²) in [5.41, 5.74) is 1.05. The summed E-state index contributed by atoms with van der Waals surface area (Å²) in [6, 6.07) is 5.15. The minimum Gasteiger partial charge on any atom is -0.461 e. The smallest absolute Gasteiger partial charge is 0.357 e. The highest BCUT2D eigenvalue weighted by atomic mass is 35.5. The van der Waals surface area contributed by atoms with E-state index in [0.717, 1.165) is 5.56 Å². The number of esters is 1. The second-order valence-corrected chi connectivity index (χ2v) is 5.08. The van der Waals surface area contributed by atoms with Crippen molar-refractivity contribution in [3.8, 4) is 10.6 Å². The van der Waals surface area contributed by atoms with Gasteiger partial charge in [0.05, 0.1) is 11.6 Å². The van der Waals surface area contributed by atoms with Gasteiger partial charge in [-0.2, -0.15) is 0 Å². The van der Waals surface area contributed by atoms with E-state index >= 15 is 0 Å². The van der Waals surface area contributed by atoms with Crippen LogP contribution < -0.4 is 0 Å². The monoisotopic (exact) mass is 301 g/mol. The number of aromatic nitrogens is 1. The number of halogens is 2. The van der Waals surface area contributed by atoms with Gasteiger partial charge in [-0.1, -0.05) is 23.2 Å². The van der Waals surface area contributed by atoms with E-state index in [1.807, 2.05) is 0 Å². The van der Waals surface area contributed by atoms with Crippen molar-refractivity contribution in [1.82, 2.24) is 4.98 Å². The summed E-state index contributed by atoms with van der Waals surface area (Å²) >= 11 is 13.2. The molecule has 0 aliphatic heterocycles. The molecule has 0 amide bonds. The molecule has 0 atom stereocenters. The largest absolute Gasteiger partial charge is 0.461 e. The summed E-state index contributed by atoms with van der Waals surface area (Å²) in [5.74, 6) is -0.426. The molecule has 0 bridgehead atoms. The predicted octanol–water partition coefficient (Wildman–Crippen LogP) is 4.29. The molecule has 0 aliphatic rings. The molecule has 0 saturated carbocycles. The topological polar surface area (TPSA) is 39.2 Å². The van der Waals surface area contributed by atoms with Gasteiger partial charge in [0.2, 0.25) is 0 Å². The Kier molecular flexibility index (Phi) is 4.22. The van der Waals surface area contributed by atoms with E-state index in [2.05, 4.69) is 4.98 Å². The van der Waals surface area contributed by atoms with Crippen molar-refractivity contribution in [2.24, 2.45) is 0 Å². The second-order valence-electron chi connectivity index (χ2n) is 3.38. The number of benzene rings is 1. The van der Waals surface area contributed by atoms with E-state index in [1.54, 1.807) is 30.5 Å². The Morgan fingerprint density at radius 3 is 2.89 bits per heavy atom. The third-order valence-electron chi connectivity index (χ3n) is 2.15. The number of carbonyl (C=O) groups excluding carboxylic acids is 1. The number of hydrogen-bond acceptors (Lipinski definition) is 4. The van der Waals surface area contributed by atoms with Gasteiger partial charge in [0.15, 0.2) is 5.69 Å². The van der Waals surface area contributed by atoms with Crippen LogP contribution in [0.5, 0.6) is 0 Å². The van der Waals surface area contributed by atoms with E-state index < -0.39 is 5.97 Å². The summed E-state index contributed by atoms with van der Waals surface area (Å²) in [4.78, 5) is 15.7. The maximum atomic E-state index is 11.5. The Hall–Kier alpha value is -1.10. The van der Waals surface area contributed by atoms with Crippen LogP contribution in [0.15, 0.2) is 23.6 Å². The van der Waals surface area contributed by atoms with Gasteiger partial charge in [-0.15, -0.1) is 11.3 Å². The first-order valence-corrected chi connectivity index (χ1v) is 6.83. The first kappa shape index (κ1) is 13.3. The third-order valence-corrected chi connectivity index (χ3v) is 3.57. The highest BCUT2D eigenvalue weighted by Gasteiger charge is 2.14. The molecule has 0 aliphatic carbocycles. The van der Waals surface area contributed by atoms with Crippen LogP contribution in [-0.4, -0.2) is 17.6 Å². The Morgan fingerprint density at radius 2 is 2.22 bits per heavy atom. The molecular formula is C12H9Cl2NO2S. The van der Waals surface area contributed by atoms with Gasteiger partial charge >= 0.3 is 5.97 Å².